The average molecular weight is 386 g/mol. The second-order valence-electron chi connectivity index (χ2n) is 4.60. The fraction of sp³-hybridized carbons (Fsp3) is 0.125. The van der Waals surface area contributed by atoms with E-state index in [4.69, 9.17) is 40.1 Å². The average Bonchev–Trinajstić information content (AvgIpc) is 2.53. The summed E-state index contributed by atoms with van der Waals surface area (Å²) in [7, 11) is 0. The molecule has 0 aliphatic carbocycles. The lowest BCUT2D eigenvalue weighted by Crippen LogP contribution is -2.14. The first-order valence-corrected chi connectivity index (χ1v) is 8.79. The summed E-state index contributed by atoms with van der Waals surface area (Å²) in [6.07, 6.45) is 0. The molecule has 3 nitrogen and oxygen atoms in total. The largest absolute Gasteiger partial charge is 0.324 e. The number of carbonyl (C=O) groups excluding carboxylic acids is 1. The predicted octanol–water partition coefficient (Wildman–Crippen LogP) is 5.39. The lowest BCUT2D eigenvalue weighted by molar-refractivity contribution is -0.113. The molecule has 0 saturated heterocycles. The Hall–Kier alpha value is -1.38. The topological polar surface area (TPSA) is 52.9 Å². The van der Waals surface area contributed by atoms with Crippen molar-refractivity contribution in [2.45, 2.75) is 5.75 Å². The highest BCUT2D eigenvalue weighted by Gasteiger charge is 2.09. The quantitative estimate of drug-likeness (QED) is 0.702. The molecule has 0 atom stereocenters. The van der Waals surface area contributed by atoms with E-state index >= 15 is 0 Å². The predicted molar refractivity (Wildman–Crippen MR) is 97.4 cm³/mol. The third kappa shape index (κ3) is 5.33. The Morgan fingerprint density at radius 3 is 2.61 bits per heavy atom. The second-order valence-corrected chi connectivity index (χ2v) is 6.81. The minimum absolute atomic E-state index is 0.188. The van der Waals surface area contributed by atoms with E-state index in [2.05, 4.69) is 11.4 Å². The van der Waals surface area contributed by atoms with Crippen LogP contribution < -0.4 is 5.32 Å². The summed E-state index contributed by atoms with van der Waals surface area (Å²) in [6, 6.07) is 12.4. The van der Waals surface area contributed by atoms with Gasteiger partial charge in [0.1, 0.15) is 0 Å². The molecule has 1 amide bonds. The summed E-state index contributed by atoms with van der Waals surface area (Å²) in [6.45, 7) is 0. The molecule has 0 spiro atoms. The van der Waals surface area contributed by atoms with Crippen LogP contribution in [0.3, 0.4) is 0 Å². The number of nitrogens with one attached hydrogen (secondary N) is 1. The van der Waals surface area contributed by atoms with Crippen LogP contribution in [0, 0.1) is 11.3 Å². The van der Waals surface area contributed by atoms with E-state index in [9.17, 15) is 4.79 Å². The molecule has 7 heteroatoms. The van der Waals surface area contributed by atoms with Crippen molar-refractivity contribution in [3.8, 4) is 6.07 Å². The number of benzene rings is 2. The number of nitrogens with zero attached hydrogens (tertiary/aromatic N) is 1. The number of halogens is 3. The molecule has 0 saturated carbocycles. The molecule has 2 aromatic rings. The highest BCUT2D eigenvalue weighted by molar-refractivity contribution is 7.99. The Labute approximate surface area is 153 Å². The van der Waals surface area contributed by atoms with Gasteiger partial charge in [-0.15, -0.1) is 11.8 Å². The van der Waals surface area contributed by atoms with Gasteiger partial charge < -0.3 is 5.32 Å². The van der Waals surface area contributed by atoms with Gasteiger partial charge >= 0.3 is 0 Å². The van der Waals surface area contributed by atoms with Crippen molar-refractivity contribution in [1.29, 1.82) is 5.26 Å². The standard InChI is InChI=1S/C16H11Cl3N2OS/c17-12-5-14(19)15(6-13(12)18)21-16(22)9-23-8-11-3-1-2-10(4-11)7-20/h1-6H,8-9H2,(H,21,22). The summed E-state index contributed by atoms with van der Waals surface area (Å²) in [5, 5.41) is 12.5. The smallest absolute Gasteiger partial charge is 0.234 e. The van der Waals surface area contributed by atoms with Crippen LogP contribution in [0.15, 0.2) is 36.4 Å². The van der Waals surface area contributed by atoms with Gasteiger partial charge in [0.25, 0.3) is 0 Å². The van der Waals surface area contributed by atoms with Crippen LogP contribution in [0.5, 0.6) is 0 Å². The first-order valence-electron chi connectivity index (χ1n) is 6.51. The van der Waals surface area contributed by atoms with Crippen LogP contribution in [0.25, 0.3) is 0 Å². The molecule has 0 aliphatic rings. The molecule has 0 radical (unpaired) electrons. The van der Waals surface area contributed by atoms with Gasteiger partial charge in [0.15, 0.2) is 0 Å². The number of amides is 1. The zero-order chi connectivity index (χ0) is 16.8. The van der Waals surface area contributed by atoms with E-state index in [1.165, 1.54) is 23.9 Å². The molecular weight excluding hydrogens is 375 g/mol. The van der Waals surface area contributed by atoms with E-state index in [1.54, 1.807) is 12.1 Å². The van der Waals surface area contributed by atoms with Gasteiger partial charge in [0.2, 0.25) is 5.91 Å². The molecule has 0 aliphatic heterocycles. The van der Waals surface area contributed by atoms with Crippen LogP contribution in [0.2, 0.25) is 15.1 Å². The lowest BCUT2D eigenvalue weighted by Gasteiger charge is -2.09. The maximum atomic E-state index is 12.0. The first-order chi connectivity index (χ1) is 11.0. The van der Waals surface area contributed by atoms with E-state index in [0.29, 0.717) is 32.1 Å². The molecular formula is C16H11Cl3N2OS. The molecule has 0 unspecified atom stereocenters. The number of rotatable bonds is 5. The summed E-state index contributed by atoms with van der Waals surface area (Å²) < 4.78 is 0. The molecule has 118 valence electrons. The van der Waals surface area contributed by atoms with Gasteiger partial charge in [-0.2, -0.15) is 5.26 Å². The van der Waals surface area contributed by atoms with Crippen LogP contribution in [0.4, 0.5) is 5.69 Å². The zero-order valence-corrected chi connectivity index (χ0v) is 14.9. The van der Waals surface area contributed by atoms with E-state index in [0.717, 1.165) is 5.56 Å². The minimum atomic E-state index is -0.188. The summed E-state index contributed by atoms with van der Waals surface area (Å²) in [4.78, 5) is 12.0. The Kier molecular flexibility index (Phi) is 6.61. The number of nitriles is 1. The Bertz CT molecular complexity index is 774. The molecule has 1 N–H and O–H groups in total. The number of hydrogen-bond acceptors (Lipinski definition) is 3. The number of hydrogen-bond donors (Lipinski definition) is 1. The van der Waals surface area contributed by atoms with Crippen LogP contribution >= 0.6 is 46.6 Å². The molecule has 2 aromatic carbocycles. The Morgan fingerprint density at radius 1 is 1.13 bits per heavy atom. The third-order valence-corrected chi connectivity index (χ3v) is 4.88. The van der Waals surface area contributed by atoms with Crippen molar-refractivity contribution in [1.82, 2.24) is 0 Å². The molecule has 2 rings (SSSR count). The molecule has 23 heavy (non-hydrogen) atoms. The van der Waals surface area contributed by atoms with Crippen molar-refractivity contribution in [2.24, 2.45) is 0 Å². The van der Waals surface area contributed by atoms with Crippen LogP contribution in [-0.4, -0.2) is 11.7 Å². The van der Waals surface area contributed by atoms with Gasteiger partial charge in [-0.1, -0.05) is 46.9 Å². The fourth-order valence-corrected chi connectivity index (χ4v) is 3.17. The van der Waals surface area contributed by atoms with Crippen molar-refractivity contribution in [3.63, 3.8) is 0 Å². The van der Waals surface area contributed by atoms with Crippen molar-refractivity contribution in [2.75, 3.05) is 11.1 Å². The van der Waals surface area contributed by atoms with Gasteiger partial charge in [0.05, 0.1) is 38.1 Å². The normalized spacial score (nSPS) is 10.2. The Morgan fingerprint density at radius 2 is 1.87 bits per heavy atom. The molecule has 0 fully saturated rings. The SMILES string of the molecule is N#Cc1cccc(CSCC(=O)Nc2cc(Cl)c(Cl)cc2Cl)c1. The highest BCUT2D eigenvalue weighted by atomic mass is 35.5. The van der Waals surface area contributed by atoms with Crippen LogP contribution in [0.1, 0.15) is 11.1 Å². The van der Waals surface area contributed by atoms with E-state index < -0.39 is 0 Å². The van der Waals surface area contributed by atoms with Gasteiger partial charge in [-0.25, -0.2) is 0 Å². The zero-order valence-electron chi connectivity index (χ0n) is 11.8. The lowest BCUT2D eigenvalue weighted by atomic mass is 10.2. The number of anilines is 1. The van der Waals surface area contributed by atoms with Crippen LogP contribution in [-0.2, 0) is 10.5 Å². The third-order valence-electron chi connectivity index (χ3n) is 2.84. The number of thioether (sulfide) groups is 1. The van der Waals surface area contributed by atoms with Crippen molar-refractivity contribution < 1.29 is 4.79 Å². The number of carbonyl (C=O) groups is 1. The maximum absolute atomic E-state index is 12.0. The monoisotopic (exact) mass is 384 g/mol. The van der Waals surface area contributed by atoms with Crippen molar-refractivity contribution >= 4 is 58.2 Å². The molecule has 0 heterocycles. The van der Waals surface area contributed by atoms with Gasteiger partial charge in [0, 0.05) is 5.75 Å². The van der Waals surface area contributed by atoms with Gasteiger partial charge in [-0.3, -0.25) is 4.79 Å². The summed E-state index contributed by atoms with van der Waals surface area (Å²) in [5.41, 5.74) is 2.03. The molecule has 0 aromatic heterocycles. The summed E-state index contributed by atoms with van der Waals surface area (Å²) in [5.74, 6) is 0.706. The van der Waals surface area contributed by atoms with E-state index in [1.807, 2.05) is 12.1 Å². The fourth-order valence-electron chi connectivity index (χ4n) is 1.80. The molecule has 0 bridgehead atoms. The maximum Gasteiger partial charge on any atom is 0.234 e. The van der Waals surface area contributed by atoms with Crippen molar-refractivity contribution in [3.05, 3.63) is 62.6 Å². The van der Waals surface area contributed by atoms with Gasteiger partial charge in [-0.05, 0) is 29.8 Å². The first kappa shape index (κ1) is 18.0. The summed E-state index contributed by atoms with van der Waals surface area (Å²) >= 11 is 19.2. The van der Waals surface area contributed by atoms with E-state index in [-0.39, 0.29) is 11.7 Å². The highest BCUT2D eigenvalue weighted by Crippen LogP contribution is 2.32. The second kappa shape index (κ2) is 8.47. The minimum Gasteiger partial charge on any atom is -0.324 e. The Balaban J connectivity index is 1.88.